The number of anilines is 1. The molecule has 1 N–H and O–H groups in total. The van der Waals surface area contributed by atoms with Gasteiger partial charge in [-0.2, -0.15) is 0 Å². The average Bonchev–Trinajstić information content (AvgIpc) is 2.39. The molecule has 3 nitrogen and oxygen atoms in total. The minimum atomic E-state index is 0.714. The van der Waals surface area contributed by atoms with Crippen molar-refractivity contribution in [1.29, 1.82) is 0 Å². The summed E-state index contributed by atoms with van der Waals surface area (Å²) in [7, 11) is 3.93. The number of nitrogens with one attached hydrogen (secondary N) is 1. The highest BCUT2D eigenvalue weighted by molar-refractivity contribution is 6.31. The van der Waals surface area contributed by atoms with Crippen LogP contribution in [0.5, 0.6) is 0 Å². The maximum absolute atomic E-state index is 6.11. The topological polar surface area (TPSA) is 28.2 Å². The van der Waals surface area contributed by atoms with Gasteiger partial charge in [-0.05, 0) is 24.3 Å². The van der Waals surface area contributed by atoms with E-state index >= 15 is 0 Å². The molecule has 1 aromatic heterocycles. The molecule has 0 saturated carbocycles. The van der Waals surface area contributed by atoms with Crippen LogP contribution >= 0.6 is 11.6 Å². The van der Waals surface area contributed by atoms with Gasteiger partial charge in [0.2, 0.25) is 0 Å². The van der Waals surface area contributed by atoms with Gasteiger partial charge in [-0.25, -0.2) is 9.99 Å². The summed E-state index contributed by atoms with van der Waals surface area (Å²) in [6.45, 7) is 0. The molecule has 1 heterocycles. The molecule has 3 aromatic rings. The normalized spacial score (nSPS) is 11.4. The van der Waals surface area contributed by atoms with E-state index in [1.54, 1.807) is 0 Å². The molecule has 0 atom stereocenters. The van der Waals surface area contributed by atoms with Crippen LogP contribution in [0.4, 0.5) is 5.69 Å². The number of nitrogens with zero attached hydrogens (tertiary/aromatic N) is 2. The zero-order chi connectivity index (χ0) is 13.4. The third-order valence-corrected chi connectivity index (χ3v) is 3.21. The molecule has 0 aliphatic carbocycles. The summed E-state index contributed by atoms with van der Waals surface area (Å²) in [6.07, 6.45) is 0. The molecule has 96 valence electrons. The van der Waals surface area contributed by atoms with Crippen LogP contribution in [0.15, 0.2) is 42.5 Å². The van der Waals surface area contributed by atoms with Gasteiger partial charge in [0.05, 0.1) is 16.7 Å². The number of rotatable bonds is 2. The first-order valence-corrected chi connectivity index (χ1v) is 6.45. The summed E-state index contributed by atoms with van der Waals surface area (Å²) in [6, 6.07) is 13.9. The van der Waals surface area contributed by atoms with E-state index in [4.69, 9.17) is 11.6 Å². The van der Waals surface area contributed by atoms with Crippen LogP contribution in [0.3, 0.4) is 0 Å². The average molecular weight is 272 g/mol. The van der Waals surface area contributed by atoms with E-state index in [2.05, 4.69) is 16.5 Å². The maximum atomic E-state index is 6.11. The van der Waals surface area contributed by atoms with Gasteiger partial charge in [-0.15, -0.1) is 0 Å². The van der Waals surface area contributed by atoms with Crippen LogP contribution in [0.1, 0.15) is 0 Å². The molecule has 2 aromatic carbocycles. The predicted molar refractivity (Wildman–Crippen MR) is 81.6 cm³/mol. The zero-order valence-electron chi connectivity index (χ0n) is 10.8. The van der Waals surface area contributed by atoms with E-state index in [1.807, 2.05) is 55.5 Å². The number of halogens is 1. The Labute approximate surface area is 116 Å². The Kier molecular flexibility index (Phi) is 3.01. The van der Waals surface area contributed by atoms with E-state index in [-0.39, 0.29) is 0 Å². The minimum absolute atomic E-state index is 0.714. The molecule has 0 bridgehead atoms. The van der Waals surface area contributed by atoms with Gasteiger partial charge in [0.15, 0.2) is 0 Å². The number of hydrazine groups is 1. The molecule has 3 rings (SSSR count). The van der Waals surface area contributed by atoms with E-state index in [0.29, 0.717) is 5.02 Å². The van der Waals surface area contributed by atoms with Crippen LogP contribution in [0.2, 0.25) is 5.02 Å². The quantitative estimate of drug-likeness (QED) is 0.565. The lowest BCUT2D eigenvalue weighted by Crippen LogP contribution is -2.20. The van der Waals surface area contributed by atoms with Crippen molar-refractivity contribution in [2.24, 2.45) is 0 Å². The Morgan fingerprint density at radius 2 is 1.74 bits per heavy atom. The summed E-state index contributed by atoms with van der Waals surface area (Å²) >= 11 is 6.11. The van der Waals surface area contributed by atoms with E-state index in [9.17, 15) is 0 Å². The Morgan fingerprint density at radius 3 is 2.53 bits per heavy atom. The van der Waals surface area contributed by atoms with Gasteiger partial charge in [0.25, 0.3) is 0 Å². The van der Waals surface area contributed by atoms with E-state index in [1.165, 1.54) is 0 Å². The van der Waals surface area contributed by atoms with Gasteiger partial charge in [-0.3, -0.25) is 0 Å². The molecule has 0 saturated heterocycles. The fourth-order valence-corrected chi connectivity index (χ4v) is 2.38. The standard InChI is InChI=1S/C15H14ClN3/c1-19(2)18-15-11-5-3-4-6-13(11)17-14-8-7-10(16)9-12(14)15/h3-9H,1-2H3,(H,17,18). The molecule has 0 radical (unpaired) electrons. The predicted octanol–water partition coefficient (Wildman–Crippen LogP) is 3.93. The van der Waals surface area contributed by atoms with E-state index < -0.39 is 0 Å². The lowest BCUT2D eigenvalue weighted by Gasteiger charge is -2.17. The monoisotopic (exact) mass is 271 g/mol. The fraction of sp³-hybridized carbons (Fsp3) is 0.133. The highest BCUT2D eigenvalue weighted by Gasteiger charge is 2.09. The molecule has 19 heavy (non-hydrogen) atoms. The number of fused-ring (bicyclic) bond motifs is 2. The SMILES string of the molecule is CN(C)Nc1c2ccccc2nc2ccc(Cl)cc12. The van der Waals surface area contributed by atoms with Gasteiger partial charge < -0.3 is 5.43 Å². The number of benzene rings is 2. The van der Waals surface area contributed by atoms with E-state index in [0.717, 1.165) is 27.5 Å². The van der Waals surface area contributed by atoms with Crippen molar-refractivity contribution in [2.75, 3.05) is 19.5 Å². The second kappa shape index (κ2) is 4.68. The summed E-state index contributed by atoms with van der Waals surface area (Å²) in [4.78, 5) is 4.67. The molecule has 0 spiro atoms. The molecular formula is C15H14ClN3. The Hall–Kier alpha value is -1.84. The van der Waals surface area contributed by atoms with Gasteiger partial charge in [0, 0.05) is 29.9 Å². The Morgan fingerprint density at radius 1 is 1.00 bits per heavy atom. The van der Waals surface area contributed by atoms with Crippen molar-refractivity contribution >= 4 is 39.1 Å². The van der Waals surface area contributed by atoms with Crippen molar-refractivity contribution in [3.8, 4) is 0 Å². The molecule has 4 heteroatoms. The van der Waals surface area contributed by atoms with Gasteiger partial charge in [0.1, 0.15) is 0 Å². The molecule has 0 fully saturated rings. The fourth-order valence-electron chi connectivity index (χ4n) is 2.21. The summed E-state index contributed by atoms with van der Waals surface area (Å²) in [5.74, 6) is 0. The lowest BCUT2D eigenvalue weighted by molar-refractivity contribution is 0.497. The summed E-state index contributed by atoms with van der Waals surface area (Å²) in [5, 5.41) is 4.75. The number of pyridine rings is 1. The van der Waals surface area contributed by atoms with Crippen molar-refractivity contribution < 1.29 is 0 Å². The van der Waals surface area contributed by atoms with Gasteiger partial charge >= 0.3 is 0 Å². The minimum Gasteiger partial charge on any atom is -0.318 e. The second-order valence-electron chi connectivity index (χ2n) is 4.67. The second-order valence-corrected chi connectivity index (χ2v) is 5.11. The first kappa shape index (κ1) is 12.2. The lowest BCUT2D eigenvalue weighted by atomic mass is 10.1. The van der Waals surface area contributed by atoms with Crippen molar-refractivity contribution in [3.63, 3.8) is 0 Å². The third kappa shape index (κ3) is 2.23. The third-order valence-electron chi connectivity index (χ3n) is 2.98. The summed E-state index contributed by atoms with van der Waals surface area (Å²) in [5.41, 5.74) is 6.30. The molecule has 0 amide bonds. The summed E-state index contributed by atoms with van der Waals surface area (Å²) < 4.78 is 0. The van der Waals surface area contributed by atoms with Crippen LogP contribution in [0.25, 0.3) is 21.8 Å². The van der Waals surface area contributed by atoms with Crippen LogP contribution < -0.4 is 5.43 Å². The van der Waals surface area contributed by atoms with Crippen LogP contribution in [-0.4, -0.2) is 24.1 Å². The largest absolute Gasteiger partial charge is 0.318 e. The highest BCUT2D eigenvalue weighted by atomic mass is 35.5. The first-order chi connectivity index (χ1) is 9.15. The highest BCUT2D eigenvalue weighted by Crippen LogP contribution is 2.32. The van der Waals surface area contributed by atoms with Crippen molar-refractivity contribution in [1.82, 2.24) is 9.99 Å². The van der Waals surface area contributed by atoms with Crippen molar-refractivity contribution in [2.45, 2.75) is 0 Å². The number of para-hydroxylation sites is 1. The Bertz CT molecular complexity index is 753. The van der Waals surface area contributed by atoms with Crippen molar-refractivity contribution in [3.05, 3.63) is 47.5 Å². The Balaban J connectivity index is 2.42. The number of aromatic nitrogens is 1. The molecule has 0 aliphatic rings. The van der Waals surface area contributed by atoms with Gasteiger partial charge in [-0.1, -0.05) is 29.8 Å². The molecule has 0 unspecified atom stereocenters. The zero-order valence-corrected chi connectivity index (χ0v) is 11.6. The number of hydrogen-bond donors (Lipinski definition) is 1. The smallest absolute Gasteiger partial charge is 0.0732 e. The van der Waals surface area contributed by atoms with Crippen LogP contribution in [0, 0.1) is 0 Å². The maximum Gasteiger partial charge on any atom is 0.0732 e. The van der Waals surface area contributed by atoms with Crippen LogP contribution in [-0.2, 0) is 0 Å². The number of hydrogen-bond acceptors (Lipinski definition) is 3. The first-order valence-electron chi connectivity index (χ1n) is 6.07. The molecule has 0 aliphatic heterocycles. The molecular weight excluding hydrogens is 258 g/mol.